The minimum Gasteiger partial charge on any atom is -0.508 e. The van der Waals surface area contributed by atoms with Gasteiger partial charge in [-0.15, -0.1) is 0 Å². The third-order valence-electron chi connectivity index (χ3n) is 13.6. The Morgan fingerprint density at radius 3 is 2.16 bits per heavy atom. The van der Waals surface area contributed by atoms with Crippen LogP contribution in [-0.2, 0) is 30.3 Å². The van der Waals surface area contributed by atoms with Crippen LogP contribution >= 0.6 is 0 Å². The van der Waals surface area contributed by atoms with Crippen molar-refractivity contribution in [1.82, 2.24) is 9.91 Å². The second kappa shape index (κ2) is 20.6. The van der Waals surface area contributed by atoms with Crippen molar-refractivity contribution in [3.05, 3.63) is 82.7 Å². The summed E-state index contributed by atoms with van der Waals surface area (Å²) in [6.45, 7) is 18.3. The molecule has 1 fully saturated rings. The fourth-order valence-electron chi connectivity index (χ4n) is 9.64. The van der Waals surface area contributed by atoms with Gasteiger partial charge in [0.1, 0.15) is 29.1 Å². The maximum atomic E-state index is 14.6. The van der Waals surface area contributed by atoms with E-state index in [1.54, 1.807) is 52.0 Å². The fraction of sp³-hybridized carbons (Fsp3) is 0.490. The molecule has 7 N–H and O–H groups in total. The van der Waals surface area contributed by atoms with Crippen molar-refractivity contribution in [3.8, 4) is 28.7 Å². The lowest BCUT2D eigenvalue weighted by Gasteiger charge is -2.42. The van der Waals surface area contributed by atoms with Crippen molar-refractivity contribution < 1.29 is 64.0 Å². The van der Waals surface area contributed by atoms with E-state index in [0.29, 0.717) is 19.6 Å². The van der Waals surface area contributed by atoms with Crippen LogP contribution in [0.4, 0.5) is 5.69 Å². The van der Waals surface area contributed by atoms with Crippen LogP contribution in [0, 0.1) is 30.6 Å². The number of fused-ring (bicyclic) bond motifs is 14. The second-order valence-corrected chi connectivity index (χ2v) is 18.8. The number of Topliss-reactive ketones (excluding diaryl/α,β-unsaturated/α-hetero) is 1. The van der Waals surface area contributed by atoms with Crippen LogP contribution in [0.2, 0.25) is 0 Å². The van der Waals surface area contributed by atoms with Crippen LogP contribution in [0.5, 0.6) is 28.7 Å². The number of phenolic OH excluding ortho intramolecular Hbond substituents is 4. The Kier molecular flexibility index (Phi) is 15.5. The molecule has 0 aromatic heterocycles. The SMILES string of the molecule is CO[C@@H]1C=CO[C@@]2(C)Oc3c(C)c(O)c4c(O)c(c(C=NN5[C@H](C)CN(Cc6ccc(O)cc6)C[C@@H]5C)c(O)c4c3C2=O)NC(=O)C(C)=CC=C[C@H](C)[C@H](O)[C@H](C)[C@H](O)[C@H](C)[C@H](OC(C)=O)[C@@H]1C. The van der Waals surface area contributed by atoms with Gasteiger partial charge in [-0.05, 0) is 51.5 Å². The molecule has 17 nitrogen and oxygen atoms in total. The number of benzene rings is 3. The van der Waals surface area contributed by atoms with Gasteiger partial charge >= 0.3 is 11.8 Å². The summed E-state index contributed by atoms with van der Waals surface area (Å²) in [6, 6.07) is 6.70. The lowest BCUT2D eigenvalue weighted by Crippen LogP contribution is -2.54. The molecule has 4 heterocycles. The van der Waals surface area contributed by atoms with Crippen molar-refractivity contribution in [1.29, 1.82) is 0 Å². The number of hydrogen-bond donors (Lipinski definition) is 7. The number of phenols is 4. The maximum absolute atomic E-state index is 14.6. The van der Waals surface area contributed by atoms with Crippen molar-refractivity contribution in [2.75, 3.05) is 25.5 Å². The molecule has 0 saturated carbocycles. The van der Waals surface area contributed by atoms with E-state index in [2.05, 4.69) is 10.2 Å². The average Bonchev–Trinajstić information content (AvgIpc) is 3.55. The predicted octanol–water partition coefficient (Wildman–Crippen LogP) is 6.39. The summed E-state index contributed by atoms with van der Waals surface area (Å²) >= 11 is 0. The van der Waals surface area contributed by atoms with Gasteiger partial charge in [-0.3, -0.25) is 24.3 Å². The van der Waals surface area contributed by atoms with E-state index in [-0.39, 0.29) is 62.3 Å². The Labute approximate surface area is 396 Å². The number of esters is 1. The van der Waals surface area contributed by atoms with E-state index in [1.807, 2.05) is 31.0 Å². The number of methoxy groups -OCH3 is 1. The van der Waals surface area contributed by atoms with Gasteiger partial charge in [-0.1, -0.05) is 58.1 Å². The third-order valence-corrected chi connectivity index (χ3v) is 13.6. The lowest BCUT2D eigenvalue weighted by atomic mass is 9.78. The highest BCUT2D eigenvalue weighted by molar-refractivity contribution is 6.23. The molecular formula is C51H66N4O13. The van der Waals surface area contributed by atoms with E-state index in [1.165, 1.54) is 59.4 Å². The molecule has 0 radical (unpaired) electrons. The number of ether oxygens (including phenoxy) is 4. The molecule has 0 aliphatic carbocycles. The van der Waals surface area contributed by atoms with E-state index in [4.69, 9.17) is 24.0 Å². The van der Waals surface area contributed by atoms with Gasteiger partial charge in [0, 0.05) is 80.8 Å². The number of rotatable bonds is 6. The summed E-state index contributed by atoms with van der Waals surface area (Å²) in [7, 11) is 1.43. The smallest absolute Gasteiger partial charge is 0.312 e. The molecule has 4 aliphatic heterocycles. The average molecular weight is 943 g/mol. The zero-order chi connectivity index (χ0) is 50.1. The van der Waals surface area contributed by atoms with Crippen LogP contribution in [0.15, 0.2) is 65.5 Å². The molecule has 17 heteroatoms. The first kappa shape index (κ1) is 51.3. The summed E-state index contributed by atoms with van der Waals surface area (Å²) in [5.74, 6) is -8.43. The first-order valence-electron chi connectivity index (χ1n) is 22.9. The van der Waals surface area contributed by atoms with Gasteiger partial charge in [-0.25, -0.2) is 0 Å². The number of carbonyl (C=O) groups excluding carboxylic acids is 3. The molecule has 68 heavy (non-hydrogen) atoms. The molecule has 1 saturated heterocycles. The van der Waals surface area contributed by atoms with Gasteiger partial charge < -0.3 is 54.9 Å². The summed E-state index contributed by atoms with van der Waals surface area (Å²) in [5.41, 5.74) is 0.548. The maximum Gasteiger partial charge on any atom is 0.312 e. The Balaban J connectivity index is 1.48. The Morgan fingerprint density at radius 2 is 1.54 bits per heavy atom. The van der Waals surface area contributed by atoms with Crippen molar-refractivity contribution in [2.24, 2.45) is 28.8 Å². The summed E-state index contributed by atoms with van der Waals surface area (Å²) in [5, 5.41) is 77.8. The number of ketones is 1. The van der Waals surface area contributed by atoms with Crippen LogP contribution in [0.3, 0.4) is 0 Å². The molecule has 368 valence electrons. The molecule has 3 aromatic rings. The third kappa shape index (κ3) is 10.2. The number of allylic oxidation sites excluding steroid dienone is 2. The zero-order valence-corrected chi connectivity index (χ0v) is 40.6. The monoisotopic (exact) mass is 942 g/mol. The number of hydrogen-bond acceptors (Lipinski definition) is 16. The number of aliphatic hydroxyl groups is 2. The standard InChI is InChI=1S/C51H66N4O13/c1-25-13-12-14-26(2)50(64)53-41-36(21-52-55-27(3)22-54(23-28(55)4)24-34-15-17-35(57)18-16-34)45(61)38-39(46(41)62)44(60)32(8)48-40(38)49(63)51(10,68-48)66-20-19-37(65-11)29(5)47(67-33(9)56)31(7)43(59)30(6)42(25)58/h12-21,25,27-31,37,42-43,47,57-62H,22-24H2,1-11H3,(H,53,64)/t25-,27-,28+,29+,30-,31-,37+,42-,43-,47+,51-/m0/s1. The molecule has 11 atom stereocenters. The highest BCUT2D eigenvalue weighted by atomic mass is 16.7. The molecular weight excluding hydrogens is 877 g/mol. The first-order chi connectivity index (χ1) is 32.0. The zero-order valence-electron chi connectivity index (χ0n) is 40.6. The number of anilines is 1. The molecule has 3 aromatic carbocycles. The lowest BCUT2D eigenvalue weighted by molar-refractivity contribution is -0.160. The molecule has 4 aliphatic rings. The second-order valence-electron chi connectivity index (χ2n) is 18.8. The highest BCUT2D eigenvalue weighted by Crippen LogP contribution is 2.55. The summed E-state index contributed by atoms with van der Waals surface area (Å²) in [4.78, 5) is 43.3. The highest BCUT2D eigenvalue weighted by Gasteiger charge is 2.50. The number of piperazine rings is 1. The van der Waals surface area contributed by atoms with Gasteiger partial charge in [0.2, 0.25) is 0 Å². The summed E-state index contributed by atoms with van der Waals surface area (Å²) in [6.07, 6.45) is 4.78. The normalized spacial score (nSPS) is 29.8. The van der Waals surface area contributed by atoms with E-state index < -0.39 is 88.8 Å². The van der Waals surface area contributed by atoms with E-state index >= 15 is 0 Å². The Morgan fingerprint density at radius 1 is 0.897 bits per heavy atom. The predicted molar refractivity (Wildman–Crippen MR) is 256 cm³/mol. The van der Waals surface area contributed by atoms with Crippen molar-refractivity contribution in [2.45, 2.75) is 118 Å². The van der Waals surface area contributed by atoms with Gasteiger partial charge in [-0.2, -0.15) is 5.10 Å². The molecule has 1 amide bonds. The van der Waals surface area contributed by atoms with E-state index in [0.717, 1.165) is 5.56 Å². The number of carbonyl (C=O) groups is 3. The van der Waals surface area contributed by atoms with Gasteiger partial charge in [0.25, 0.3) is 11.7 Å². The fourth-order valence-corrected chi connectivity index (χ4v) is 9.64. The number of nitrogens with one attached hydrogen (secondary N) is 1. The minimum atomic E-state index is -2.08. The number of hydrazone groups is 1. The van der Waals surface area contributed by atoms with Crippen LogP contribution in [-0.4, -0.2) is 127 Å². The van der Waals surface area contributed by atoms with Gasteiger partial charge in [0.05, 0.1) is 65.1 Å². The number of aliphatic hydroxyl groups excluding tert-OH is 2. The Hall–Kier alpha value is -6.14. The van der Waals surface area contributed by atoms with Crippen molar-refractivity contribution in [3.63, 3.8) is 0 Å². The van der Waals surface area contributed by atoms with E-state index in [9.17, 15) is 45.0 Å². The topological polar surface area (TPSA) is 240 Å². The number of nitrogens with zero attached hydrogens (tertiary/aromatic N) is 3. The molecule has 0 unspecified atom stereocenters. The Bertz CT molecular complexity index is 2510. The summed E-state index contributed by atoms with van der Waals surface area (Å²) < 4.78 is 23.8. The minimum absolute atomic E-state index is 0.0378. The van der Waals surface area contributed by atoms with Crippen LogP contribution in [0.25, 0.3) is 10.8 Å². The van der Waals surface area contributed by atoms with Gasteiger partial charge in [0.15, 0.2) is 5.75 Å². The van der Waals surface area contributed by atoms with Crippen LogP contribution < -0.4 is 10.1 Å². The number of amides is 1. The largest absolute Gasteiger partial charge is 0.508 e. The number of aromatic hydroxyl groups is 4. The first-order valence-corrected chi connectivity index (χ1v) is 22.9. The molecule has 0 spiro atoms. The van der Waals surface area contributed by atoms with Crippen molar-refractivity contribution >= 4 is 40.3 Å². The molecule has 7 rings (SSSR count). The van der Waals surface area contributed by atoms with Crippen LogP contribution in [0.1, 0.15) is 89.4 Å². The quantitative estimate of drug-likeness (QED) is 0.0614. The molecule has 5 bridgehead atoms.